The van der Waals surface area contributed by atoms with E-state index in [1.807, 2.05) is 6.92 Å². The first kappa shape index (κ1) is 13.6. The number of urea groups is 1. The highest BCUT2D eigenvalue weighted by molar-refractivity contribution is 5.81. The molecule has 0 aromatic rings. The number of carbonyl (C=O) groups is 1. The van der Waals surface area contributed by atoms with Crippen molar-refractivity contribution in [2.24, 2.45) is 10.9 Å². The zero-order valence-corrected chi connectivity index (χ0v) is 10.4. The highest BCUT2D eigenvalue weighted by Gasteiger charge is 2.19. The van der Waals surface area contributed by atoms with Gasteiger partial charge in [-0.15, -0.1) is 0 Å². The number of oxime groups is 1. The second-order valence-electron chi connectivity index (χ2n) is 4.35. The molecule has 98 valence electrons. The molecule has 0 bridgehead atoms. The molecule has 0 aromatic heterocycles. The van der Waals surface area contributed by atoms with Crippen LogP contribution in [0, 0.1) is 0 Å². The Kier molecular flexibility index (Phi) is 5.59. The van der Waals surface area contributed by atoms with Crippen LogP contribution in [-0.4, -0.2) is 41.1 Å². The van der Waals surface area contributed by atoms with Crippen LogP contribution in [0.5, 0.6) is 0 Å². The van der Waals surface area contributed by atoms with E-state index in [1.165, 1.54) is 12.8 Å². The molecule has 1 saturated carbocycles. The van der Waals surface area contributed by atoms with Crippen molar-refractivity contribution in [2.45, 2.75) is 45.1 Å². The van der Waals surface area contributed by atoms with E-state index in [0.29, 0.717) is 25.6 Å². The van der Waals surface area contributed by atoms with Gasteiger partial charge in [0.25, 0.3) is 0 Å². The van der Waals surface area contributed by atoms with Gasteiger partial charge in [0.2, 0.25) is 0 Å². The molecule has 1 aliphatic carbocycles. The molecule has 0 atom stereocenters. The van der Waals surface area contributed by atoms with Gasteiger partial charge in [0.05, 0.1) is 0 Å². The van der Waals surface area contributed by atoms with E-state index in [9.17, 15) is 4.79 Å². The largest absolute Gasteiger partial charge is 0.409 e. The fraction of sp³-hybridized carbons (Fsp3) is 0.818. The van der Waals surface area contributed by atoms with Gasteiger partial charge in [0.15, 0.2) is 0 Å². The summed E-state index contributed by atoms with van der Waals surface area (Å²) >= 11 is 0. The van der Waals surface area contributed by atoms with Crippen LogP contribution < -0.4 is 11.1 Å². The van der Waals surface area contributed by atoms with E-state index in [0.717, 1.165) is 12.8 Å². The number of hydrogen-bond acceptors (Lipinski definition) is 3. The Morgan fingerprint density at radius 3 is 2.71 bits per heavy atom. The summed E-state index contributed by atoms with van der Waals surface area (Å²) in [7, 11) is 0. The summed E-state index contributed by atoms with van der Waals surface area (Å²) < 4.78 is 0. The summed E-state index contributed by atoms with van der Waals surface area (Å²) in [5, 5.41) is 14.3. The number of amidine groups is 1. The molecule has 1 rings (SSSR count). The van der Waals surface area contributed by atoms with Gasteiger partial charge in [-0.1, -0.05) is 18.0 Å². The third-order valence-corrected chi connectivity index (χ3v) is 3.12. The molecular weight excluding hydrogens is 220 g/mol. The number of nitrogens with two attached hydrogens (primary N) is 1. The Morgan fingerprint density at radius 1 is 1.53 bits per heavy atom. The van der Waals surface area contributed by atoms with Crippen molar-refractivity contribution in [2.75, 3.05) is 13.1 Å². The van der Waals surface area contributed by atoms with E-state index in [-0.39, 0.29) is 11.9 Å². The van der Waals surface area contributed by atoms with Gasteiger partial charge in [-0.25, -0.2) is 4.79 Å². The maximum absolute atomic E-state index is 11.9. The van der Waals surface area contributed by atoms with Crippen molar-refractivity contribution in [3.05, 3.63) is 0 Å². The number of carbonyl (C=O) groups excluding carboxylic acids is 1. The lowest BCUT2D eigenvalue weighted by atomic mass is 10.2. The molecule has 1 aliphatic rings. The Morgan fingerprint density at radius 2 is 2.18 bits per heavy atom. The van der Waals surface area contributed by atoms with Crippen LogP contribution in [0.2, 0.25) is 0 Å². The van der Waals surface area contributed by atoms with Crippen molar-refractivity contribution in [3.63, 3.8) is 0 Å². The van der Waals surface area contributed by atoms with Crippen LogP contribution >= 0.6 is 0 Å². The van der Waals surface area contributed by atoms with Crippen molar-refractivity contribution in [1.82, 2.24) is 10.2 Å². The molecule has 6 nitrogen and oxygen atoms in total. The van der Waals surface area contributed by atoms with Gasteiger partial charge in [-0.3, -0.25) is 0 Å². The molecular formula is C11H22N4O2. The predicted molar refractivity (Wildman–Crippen MR) is 66.1 cm³/mol. The fourth-order valence-corrected chi connectivity index (χ4v) is 2.04. The normalized spacial score (nSPS) is 17.1. The van der Waals surface area contributed by atoms with Crippen LogP contribution in [0.3, 0.4) is 0 Å². The number of hydrogen-bond donors (Lipinski definition) is 3. The predicted octanol–water partition coefficient (Wildman–Crippen LogP) is 1.10. The van der Waals surface area contributed by atoms with Crippen molar-refractivity contribution in [1.29, 1.82) is 0 Å². The molecule has 0 heterocycles. The molecule has 1 fully saturated rings. The Hall–Kier alpha value is -1.46. The number of amides is 2. The van der Waals surface area contributed by atoms with Gasteiger partial charge >= 0.3 is 6.03 Å². The summed E-state index contributed by atoms with van der Waals surface area (Å²) in [6.07, 6.45) is 4.93. The first-order chi connectivity index (χ1) is 8.17. The quantitative estimate of drug-likeness (QED) is 0.292. The van der Waals surface area contributed by atoms with Gasteiger partial charge < -0.3 is 21.2 Å². The van der Waals surface area contributed by atoms with Gasteiger partial charge in [0, 0.05) is 25.6 Å². The van der Waals surface area contributed by atoms with Crippen LogP contribution in [0.4, 0.5) is 4.79 Å². The topological polar surface area (TPSA) is 90.9 Å². The van der Waals surface area contributed by atoms with Crippen molar-refractivity contribution < 1.29 is 10.0 Å². The zero-order valence-electron chi connectivity index (χ0n) is 10.4. The third kappa shape index (κ3) is 4.50. The summed E-state index contributed by atoms with van der Waals surface area (Å²) in [4.78, 5) is 13.6. The van der Waals surface area contributed by atoms with Crippen LogP contribution in [0.1, 0.15) is 39.0 Å². The minimum Gasteiger partial charge on any atom is -0.409 e. The SMILES string of the molecule is CCN(CCC(N)=NO)C(=O)NC1CCCC1. The fourth-order valence-electron chi connectivity index (χ4n) is 2.04. The summed E-state index contributed by atoms with van der Waals surface area (Å²) in [6.45, 7) is 3.02. The number of nitrogens with one attached hydrogen (secondary N) is 1. The summed E-state index contributed by atoms with van der Waals surface area (Å²) in [5.74, 6) is 0.150. The lowest BCUT2D eigenvalue weighted by molar-refractivity contribution is 0.197. The number of rotatable bonds is 5. The molecule has 0 saturated heterocycles. The van der Waals surface area contributed by atoms with Gasteiger partial charge in [0.1, 0.15) is 5.84 Å². The average Bonchev–Trinajstić information content (AvgIpc) is 2.82. The summed E-state index contributed by atoms with van der Waals surface area (Å²) in [6, 6.07) is 0.269. The first-order valence-electron chi connectivity index (χ1n) is 6.19. The van der Waals surface area contributed by atoms with Crippen molar-refractivity contribution in [3.8, 4) is 0 Å². The lowest BCUT2D eigenvalue weighted by Gasteiger charge is -2.23. The Bertz CT molecular complexity index is 275. The van der Waals surface area contributed by atoms with Gasteiger partial charge in [-0.2, -0.15) is 0 Å². The molecule has 6 heteroatoms. The molecule has 2 amide bonds. The highest BCUT2D eigenvalue weighted by atomic mass is 16.4. The molecule has 0 spiro atoms. The van der Waals surface area contributed by atoms with Crippen molar-refractivity contribution >= 4 is 11.9 Å². The lowest BCUT2D eigenvalue weighted by Crippen LogP contribution is -2.44. The van der Waals surface area contributed by atoms with Crippen LogP contribution in [0.25, 0.3) is 0 Å². The van der Waals surface area contributed by atoms with Gasteiger partial charge in [-0.05, 0) is 19.8 Å². The monoisotopic (exact) mass is 242 g/mol. The van der Waals surface area contributed by atoms with E-state index in [4.69, 9.17) is 10.9 Å². The summed E-state index contributed by atoms with van der Waals surface area (Å²) in [5.41, 5.74) is 5.38. The maximum atomic E-state index is 11.9. The molecule has 17 heavy (non-hydrogen) atoms. The minimum absolute atomic E-state index is 0.0508. The molecule has 0 aliphatic heterocycles. The standard InChI is InChI=1S/C11H22N4O2/c1-2-15(8-7-10(12)14-17)11(16)13-9-5-3-4-6-9/h9,17H,2-8H2,1H3,(H2,12,14)(H,13,16). The maximum Gasteiger partial charge on any atom is 0.317 e. The molecule has 0 radical (unpaired) electrons. The first-order valence-corrected chi connectivity index (χ1v) is 6.19. The average molecular weight is 242 g/mol. The second kappa shape index (κ2) is 6.98. The third-order valence-electron chi connectivity index (χ3n) is 3.12. The van der Waals surface area contributed by atoms with E-state index in [2.05, 4.69) is 10.5 Å². The second-order valence-corrected chi connectivity index (χ2v) is 4.35. The van der Waals surface area contributed by atoms with E-state index >= 15 is 0 Å². The van der Waals surface area contributed by atoms with E-state index in [1.54, 1.807) is 4.90 Å². The zero-order chi connectivity index (χ0) is 12.7. The highest BCUT2D eigenvalue weighted by Crippen LogP contribution is 2.17. The Labute approximate surface area is 102 Å². The molecule has 0 unspecified atom stereocenters. The Balaban J connectivity index is 2.34. The van der Waals surface area contributed by atoms with E-state index < -0.39 is 0 Å². The smallest absolute Gasteiger partial charge is 0.317 e. The van der Waals surface area contributed by atoms with Crippen LogP contribution in [0.15, 0.2) is 5.16 Å². The van der Waals surface area contributed by atoms with Crippen LogP contribution in [-0.2, 0) is 0 Å². The molecule has 0 aromatic carbocycles. The minimum atomic E-state index is -0.0508. The number of nitrogens with zero attached hydrogens (tertiary/aromatic N) is 2. The molecule has 4 N–H and O–H groups in total.